The van der Waals surface area contributed by atoms with Crippen LogP contribution in [0.15, 0.2) is 27.7 Å². The molecule has 0 saturated heterocycles. The lowest BCUT2D eigenvalue weighted by Crippen LogP contribution is -2.30. The number of halogens is 2. The predicted molar refractivity (Wildman–Crippen MR) is 56.5 cm³/mol. The molecule has 1 aliphatic rings. The van der Waals surface area contributed by atoms with Crippen LogP contribution in [0.3, 0.4) is 0 Å². The van der Waals surface area contributed by atoms with Gasteiger partial charge in [0.25, 0.3) is 0 Å². The largest absolute Gasteiger partial charge is 0.370 e. The molecule has 1 atom stereocenters. The Labute approximate surface area is 89.3 Å². The zero-order valence-electron chi connectivity index (χ0n) is 7.30. The van der Waals surface area contributed by atoms with Crippen molar-refractivity contribution in [2.45, 2.75) is 6.04 Å². The average Bonchev–Trinajstić information content (AvgIpc) is 2.56. The van der Waals surface area contributed by atoms with Gasteiger partial charge in [0.05, 0.1) is 12.6 Å². The average molecular weight is 258 g/mol. The van der Waals surface area contributed by atoms with Crippen LogP contribution in [0.1, 0.15) is 11.6 Å². The van der Waals surface area contributed by atoms with E-state index in [1.165, 1.54) is 6.07 Å². The van der Waals surface area contributed by atoms with Crippen molar-refractivity contribution in [2.24, 2.45) is 10.7 Å². The summed E-state index contributed by atoms with van der Waals surface area (Å²) in [6, 6.07) is 4.68. The standard InChI is InChI=1S/C9H9BrFN3/c10-5-1-2-7(11)6(3-5)8-4-13-9(12)14-8/h1-3,8H,4H2,(H3,12,13,14). The number of hydrogen-bond acceptors (Lipinski definition) is 3. The van der Waals surface area contributed by atoms with E-state index in [0.29, 0.717) is 18.1 Å². The summed E-state index contributed by atoms with van der Waals surface area (Å²) in [6.45, 7) is 0.485. The van der Waals surface area contributed by atoms with Crippen molar-refractivity contribution in [2.75, 3.05) is 6.54 Å². The Morgan fingerprint density at radius 3 is 3.00 bits per heavy atom. The van der Waals surface area contributed by atoms with Gasteiger partial charge in [-0.1, -0.05) is 15.9 Å². The molecule has 1 aromatic rings. The molecule has 0 radical (unpaired) electrons. The molecule has 74 valence electrons. The molecule has 0 amide bonds. The SMILES string of the molecule is NC1=NCC(c2cc(Br)ccc2F)N1. The maximum Gasteiger partial charge on any atom is 0.189 e. The molecule has 0 spiro atoms. The highest BCUT2D eigenvalue weighted by Crippen LogP contribution is 2.23. The summed E-state index contributed by atoms with van der Waals surface area (Å²) in [7, 11) is 0. The summed E-state index contributed by atoms with van der Waals surface area (Å²) in [6.07, 6.45) is 0. The molecule has 3 N–H and O–H groups in total. The van der Waals surface area contributed by atoms with E-state index in [2.05, 4.69) is 26.2 Å². The molecule has 0 bridgehead atoms. The van der Waals surface area contributed by atoms with E-state index in [4.69, 9.17) is 5.73 Å². The van der Waals surface area contributed by atoms with Crippen LogP contribution in [0.25, 0.3) is 0 Å². The van der Waals surface area contributed by atoms with Crippen molar-refractivity contribution in [3.8, 4) is 0 Å². The summed E-state index contributed by atoms with van der Waals surface area (Å²) in [5.41, 5.74) is 6.04. The molecule has 1 aliphatic heterocycles. The molecule has 0 aromatic heterocycles. The Kier molecular flexibility index (Phi) is 2.41. The fraction of sp³-hybridized carbons (Fsp3) is 0.222. The number of nitrogens with two attached hydrogens (primary N) is 1. The highest BCUT2D eigenvalue weighted by atomic mass is 79.9. The summed E-state index contributed by atoms with van der Waals surface area (Å²) in [4.78, 5) is 3.97. The number of rotatable bonds is 1. The minimum atomic E-state index is -0.240. The number of nitrogens with one attached hydrogen (secondary N) is 1. The fourth-order valence-corrected chi connectivity index (χ4v) is 1.80. The van der Waals surface area contributed by atoms with Gasteiger partial charge in [-0.25, -0.2) is 4.39 Å². The first-order valence-electron chi connectivity index (χ1n) is 4.18. The summed E-state index contributed by atoms with van der Waals surface area (Å²) in [5, 5.41) is 2.91. The highest BCUT2D eigenvalue weighted by molar-refractivity contribution is 9.10. The lowest BCUT2D eigenvalue weighted by Gasteiger charge is -2.12. The summed E-state index contributed by atoms with van der Waals surface area (Å²) >= 11 is 3.30. The first kappa shape index (κ1) is 9.45. The first-order chi connectivity index (χ1) is 6.66. The Balaban J connectivity index is 2.28. The molecule has 0 saturated carbocycles. The van der Waals surface area contributed by atoms with Crippen molar-refractivity contribution in [3.63, 3.8) is 0 Å². The van der Waals surface area contributed by atoms with Gasteiger partial charge in [0.1, 0.15) is 5.82 Å². The first-order valence-corrected chi connectivity index (χ1v) is 4.97. The zero-order valence-corrected chi connectivity index (χ0v) is 8.88. The van der Waals surface area contributed by atoms with Crippen molar-refractivity contribution in [1.82, 2.24) is 5.32 Å². The molecular formula is C9H9BrFN3. The van der Waals surface area contributed by atoms with Crippen LogP contribution in [0.2, 0.25) is 0 Å². The molecule has 0 aliphatic carbocycles. The number of hydrogen-bond donors (Lipinski definition) is 2. The van der Waals surface area contributed by atoms with Crippen LogP contribution in [-0.4, -0.2) is 12.5 Å². The molecular weight excluding hydrogens is 249 g/mol. The van der Waals surface area contributed by atoms with E-state index in [1.807, 2.05) is 0 Å². The third-order valence-corrected chi connectivity index (χ3v) is 2.59. The Bertz CT molecular complexity index is 392. The minimum absolute atomic E-state index is 0.146. The summed E-state index contributed by atoms with van der Waals surface area (Å²) < 4.78 is 14.2. The number of benzene rings is 1. The van der Waals surface area contributed by atoms with Crippen molar-refractivity contribution >= 4 is 21.9 Å². The molecule has 14 heavy (non-hydrogen) atoms. The third-order valence-electron chi connectivity index (χ3n) is 2.10. The van der Waals surface area contributed by atoms with Crippen LogP contribution in [-0.2, 0) is 0 Å². The number of nitrogens with zero attached hydrogens (tertiary/aromatic N) is 1. The minimum Gasteiger partial charge on any atom is -0.370 e. The smallest absolute Gasteiger partial charge is 0.189 e. The molecule has 1 unspecified atom stereocenters. The number of guanidine groups is 1. The van der Waals surface area contributed by atoms with Gasteiger partial charge in [0, 0.05) is 10.0 Å². The number of aliphatic imine (C=N–C) groups is 1. The van der Waals surface area contributed by atoms with E-state index >= 15 is 0 Å². The second-order valence-corrected chi connectivity index (χ2v) is 4.00. The molecule has 5 heteroatoms. The predicted octanol–water partition coefficient (Wildman–Crippen LogP) is 1.55. The lowest BCUT2D eigenvalue weighted by atomic mass is 10.1. The van der Waals surface area contributed by atoms with Crippen LogP contribution in [0.5, 0.6) is 0 Å². The highest BCUT2D eigenvalue weighted by Gasteiger charge is 2.20. The Morgan fingerprint density at radius 2 is 2.36 bits per heavy atom. The van der Waals surface area contributed by atoms with Crippen LogP contribution in [0, 0.1) is 5.82 Å². The van der Waals surface area contributed by atoms with E-state index in [9.17, 15) is 4.39 Å². The van der Waals surface area contributed by atoms with E-state index < -0.39 is 0 Å². The molecule has 1 aromatic carbocycles. The van der Waals surface area contributed by atoms with E-state index in [1.54, 1.807) is 12.1 Å². The van der Waals surface area contributed by atoms with Crippen LogP contribution < -0.4 is 11.1 Å². The van der Waals surface area contributed by atoms with Crippen molar-refractivity contribution < 1.29 is 4.39 Å². The van der Waals surface area contributed by atoms with Gasteiger partial charge < -0.3 is 11.1 Å². The molecule has 1 heterocycles. The fourth-order valence-electron chi connectivity index (χ4n) is 1.42. The molecule has 3 nitrogen and oxygen atoms in total. The van der Waals surface area contributed by atoms with Crippen LogP contribution in [0.4, 0.5) is 4.39 Å². The van der Waals surface area contributed by atoms with Crippen molar-refractivity contribution in [1.29, 1.82) is 0 Å². The molecule has 2 rings (SSSR count). The van der Waals surface area contributed by atoms with Gasteiger partial charge in [-0.3, -0.25) is 4.99 Å². The second kappa shape index (κ2) is 3.57. The van der Waals surface area contributed by atoms with Gasteiger partial charge >= 0.3 is 0 Å². The Hall–Kier alpha value is -1.10. The third kappa shape index (κ3) is 1.72. The van der Waals surface area contributed by atoms with Gasteiger partial charge in [0.2, 0.25) is 0 Å². The summed E-state index contributed by atoms with van der Waals surface area (Å²) in [5.74, 6) is 0.130. The van der Waals surface area contributed by atoms with Gasteiger partial charge in [-0.2, -0.15) is 0 Å². The normalized spacial score (nSPS) is 20.4. The van der Waals surface area contributed by atoms with Gasteiger partial charge in [-0.15, -0.1) is 0 Å². The van der Waals surface area contributed by atoms with Gasteiger partial charge in [0.15, 0.2) is 5.96 Å². The van der Waals surface area contributed by atoms with E-state index in [0.717, 1.165) is 4.47 Å². The monoisotopic (exact) mass is 257 g/mol. The topological polar surface area (TPSA) is 50.4 Å². The van der Waals surface area contributed by atoms with Crippen molar-refractivity contribution in [3.05, 3.63) is 34.1 Å². The van der Waals surface area contributed by atoms with Gasteiger partial charge in [-0.05, 0) is 18.2 Å². The maximum atomic E-state index is 13.4. The maximum absolute atomic E-state index is 13.4. The Morgan fingerprint density at radius 1 is 1.57 bits per heavy atom. The van der Waals surface area contributed by atoms with E-state index in [-0.39, 0.29) is 11.9 Å². The molecule has 0 fully saturated rings. The quantitative estimate of drug-likeness (QED) is 0.802. The lowest BCUT2D eigenvalue weighted by molar-refractivity contribution is 0.576. The zero-order chi connectivity index (χ0) is 10.1. The van der Waals surface area contributed by atoms with Crippen LogP contribution >= 0.6 is 15.9 Å². The second-order valence-electron chi connectivity index (χ2n) is 3.09.